The first-order valence-corrected chi connectivity index (χ1v) is 9.57. The van der Waals surface area contributed by atoms with Crippen molar-refractivity contribution >= 4 is 11.8 Å². The lowest BCUT2D eigenvalue weighted by Crippen LogP contribution is -2.48. The lowest BCUT2D eigenvalue weighted by molar-refractivity contribution is -0.133. The van der Waals surface area contributed by atoms with Crippen molar-refractivity contribution in [3.63, 3.8) is 0 Å². The standard InChI is InChI=1S/C20H29N3O3/c1-3-21-8-10-22(11-9-21)20(25)7-5-17-4-6-19-18(14-17)15-23(16(2)24)12-13-26-19/h4,6,14H,3,5,7-13,15H2,1-2H3. The molecule has 1 saturated heterocycles. The minimum absolute atomic E-state index is 0.0632. The smallest absolute Gasteiger partial charge is 0.222 e. The van der Waals surface area contributed by atoms with E-state index >= 15 is 0 Å². The van der Waals surface area contributed by atoms with E-state index in [2.05, 4.69) is 17.9 Å². The predicted octanol–water partition coefficient (Wildman–Crippen LogP) is 1.52. The Kier molecular flexibility index (Phi) is 6.14. The largest absolute Gasteiger partial charge is 0.491 e. The Hall–Kier alpha value is -2.08. The van der Waals surface area contributed by atoms with Crippen molar-refractivity contribution in [2.45, 2.75) is 33.2 Å². The van der Waals surface area contributed by atoms with Gasteiger partial charge in [0.2, 0.25) is 11.8 Å². The fourth-order valence-electron chi connectivity index (χ4n) is 3.59. The quantitative estimate of drug-likeness (QED) is 0.818. The molecule has 0 aromatic heterocycles. The van der Waals surface area contributed by atoms with Gasteiger partial charge in [-0.1, -0.05) is 19.1 Å². The van der Waals surface area contributed by atoms with Gasteiger partial charge in [0.1, 0.15) is 12.4 Å². The highest BCUT2D eigenvalue weighted by Crippen LogP contribution is 2.25. The first-order valence-electron chi connectivity index (χ1n) is 9.57. The number of rotatable bonds is 4. The van der Waals surface area contributed by atoms with Crippen molar-refractivity contribution in [1.29, 1.82) is 0 Å². The average Bonchev–Trinajstić information content (AvgIpc) is 2.88. The molecule has 26 heavy (non-hydrogen) atoms. The molecule has 1 fully saturated rings. The Morgan fingerprint density at radius 3 is 2.54 bits per heavy atom. The number of fused-ring (bicyclic) bond motifs is 1. The summed E-state index contributed by atoms with van der Waals surface area (Å²) in [6, 6.07) is 6.09. The van der Waals surface area contributed by atoms with Gasteiger partial charge in [0.25, 0.3) is 0 Å². The predicted molar refractivity (Wildman–Crippen MR) is 100 cm³/mol. The minimum Gasteiger partial charge on any atom is -0.491 e. The van der Waals surface area contributed by atoms with Crippen molar-refractivity contribution < 1.29 is 14.3 Å². The fraction of sp³-hybridized carbons (Fsp3) is 0.600. The van der Waals surface area contributed by atoms with Gasteiger partial charge in [-0.25, -0.2) is 0 Å². The maximum Gasteiger partial charge on any atom is 0.222 e. The summed E-state index contributed by atoms with van der Waals surface area (Å²) in [5, 5.41) is 0. The summed E-state index contributed by atoms with van der Waals surface area (Å²) in [6.45, 7) is 10.1. The van der Waals surface area contributed by atoms with E-state index in [0.29, 0.717) is 26.1 Å². The molecule has 2 aliphatic rings. The van der Waals surface area contributed by atoms with E-state index in [1.807, 2.05) is 17.0 Å². The van der Waals surface area contributed by atoms with Crippen LogP contribution in [0.2, 0.25) is 0 Å². The fourth-order valence-corrected chi connectivity index (χ4v) is 3.59. The Balaban J connectivity index is 1.57. The molecular weight excluding hydrogens is 330 g/mol. The van der Waals surface area contributed by atoms with E-state index in [-0.39, 0.29) is 11.8 Å². The SMILES string of the molecule is CCN1CCN(C(=O)CCc2ccc3c(c2)CN(C(C)=O)CCO3)CC1. The Bertz CT molecular complexity index is 654. The van der Waals surface area contributed by atoms with Crippen LogP contribution in [-0.4, -0.2) is 72.4 Å². The van der Waals surface area contributed by atoms with Crippen LogP contribution in [0.25, 0.3) is 0 Å². The number of likely N-dealkylation sites (N-methyl/N-ethyl adjacent to an activating group) is 1. The molecule has 0 N–H and O–H groups in total. The molecule has 0 radical (unpaired) electrons. The van der Waals surface area contributed by atoms with E-state index in [4.69, 9.17) is 4.74 Å². The van der Waals surface area contributed by atoms with Gasteiger partial charge in [-0.3, -0.25) is 9.59 Å². The highest BCUT2D eigenvalue weighted by atomic mass is 16.5. The van der Waals surface area contributed by atoms with Crippen LogP contribution < -0.4 is 4.74 Å². The van der Waals surface area contributed by atoms with Gasteiger partial charge in [-0.2, -0.15) is 0 Å². The maximum absolute atomic E-state index is 12.5. The van der Waals surface area contributed by atoms with Crippen molar-refractivity contribution in [2.24, 2.45) is 0 Å². The third-order valence-corrected chi connectivity index (χ3v) is 5.35. The number of piperazine rings is 1. The Morgan fingerprint density at radius 1 is 1.08 bits per heavy atom. The Labute approximate surface area is 155 Å². The molecule has 2 heterocycles. The first-order chi connectivity index (χ1) is 12.6. The van der Waals surface area contributed by atoms with Crippen LogP contribution in [0.4, 0.5) is 0 Å². The van der Waals surface area contributed by atoms with Gasteiger partial charge in [0.05, 0.1) is 6.54 Å². The van der Waals surface area contributed by atoms with Gasteiger partial charge >= 0.3 is 0 Å². The van der Waals surface area contributed by atoms with Crippen LogP contribution in [-0.2, 0) is 22.6 Å². The summed E-state index contributed by atoms with van der Waals surface area (Å²) in [7, 11) is 0. The summed E-state index contributed by atoms with van der Waals surface area (Å²) in [6.07, 6.45) is 1.25. The van der Waals surface area contributed by atoms with Crippen molar-refractivity contribution in [3.05, 3.63) is 29.3 Å². The number of carbonyl (C=O) groups excluding carboxylic acids is 2. The van der Waals surface area contributed by atoms with E-state index in [1.54, 1.807) is 11.8 Å². The molecule has 1 aromatic carbocycles. The maximum atomic E-state index is 12.5. The molecule has 1 aromatic rings. The number of hydrogen-bond acceptors (Lipinski definition) is 4. The van der Waals surface area contributed by atoms with Gasteiger partial charge in [-0.15, -0.1) is 0 Å². The summed E-state index contributed by atoms with van der Waals surface area (Å²) in [5.41, 5.74) is 2.15. The van der Waals surface area contributed by atoms with Crippen LogP contribution in [0.1, 0.15) is 31.4 Å². The molecule has 142 valence electrons. The van der Waals surface area contributed by atoms with E-state index in [1.165, 1.54) is 0 Å². The van der Waals surface area contributed by atoms with E-state index in [9.17, 15) is 9.59 Å². The van der Waals surface area contributed by atoms with Crippen molar-refractivity contribution in [1.82, 2.24) is 14.7 Å². The van der Waals surface area contributed by atoms with Gasteiger partial charge in [-0.05, 0) is 24.6 Å². The van der Waals surface area contributed by atoms with E-state index in [0.717, 1.165) is 56.0 Å². The van der Waals surface area contributed by atoms with Crippen molar-refractivity contribution in [3.8, 4) is 5.75 Å². The van der Waals surface area contributed by atoms with Gasteiger partial charge < -0.3 is 19.4 Å². The third kappa shape index (κ3) is 4.55. The zero-order valence-corrected chi connectivity index (χ0v) is 15.9. The number of nitrogens with zero attached hydrogens (tertiary/aromatic N) is 3. The summed E-state index contributed by atoms with van der Waals surface area (Å²) < 4.78 is 5.75. The zero-order valence-electron chi connectivity index (χ0n) is 15.9. The number of benzene rings is 1. The molecule has 6 nitrogen and oxygen atoms in total. The second-order valence-electron chi connectivity index (χ2n) is 7.05. The summed E-state index contributed by atoms with van der Waals surface area (Å²) in [5.74, 6) is 1.14. The number of amides is 2. The average molecular weight is 359 g/mol. The third-order valence-electron chi connectivity index (χ3n) is 5.35. The highest BCUT2D eigenvalue weighted by Gasteiger charge is 2.21. The molecule has 3 rings (SSSR count). The van der Waals surface area contributed by atoms with Gasteiger partial charge in [0, 0.05) is 51.6 Å². The monoisotopic (exact) mass is 359 g/mol. The molecule has 0 bridgehead atoms. The van der Waals surface area contributed by atoms with E-state index < -0.39 is 0 Å². The second kappa shape index (κ2) is 8.54. The molecule has 2 amide bonds. The molecule has 0 spiro atoms. The van der Waals surface area contributed by atoms with Crippen LogP contribution in [0, 0.1) is 0 Å². The number of carbonyl (C=O) groups is 2. The van der Waals surface area contributed by atoms with Crippen LogP contribution in [0.3, 0.4) is 0 Å². The molecule has 0 unspecified atom stereocenters. The summed E-state index contributed by atoms with van der Waals surface area (Å²) >= 11 is 0. The molecule has 0 saturated carbocycles. The summed E-state index contributed by atoms with van der Waals surface area (Å²) in [4.78, 5) is 30.3. The normalized spacial score (nSPS) is 18.1. The van der Waals surface area contributed by atoms with Crippen LogP contribution in [0.5, 0.6) is 5.75 Å². The number of aryl methyl sites for hydroxylation is 1. The van der Waals surface area contributed by atoms with Gasteiger partial charge in [0.15, 0.2) is 0 Å². The number of ether oxygens (including phenoxy) is 1. The zero-order chi connectivity index (χ0) is 18.5. The molecule has 6 heteroatoms. The lowest BCUT2D eigenvalue weighted by atomic mass is 10.0. The molecule has 0 atom stereocenters. The second-order valence-corrected chi connectivity index (χ2v) is 7.05. The minimum atomic E-state index is 0.0632. The number of hydrogen-bond donors (Lipinski definition) is 0. The first kappa shape index (κ1) is 18.7. The van der Waals surface area contributed by atoms with Crippen LogP contribution in [0.15, 0.2) is 18.2 Å². The lowest BCUT2D eigenvalue weighted by Gasteiger charge is -2.34. The Morgan fingerprint density at radius 2 is 1.85 bits per heavy atom. The van der Waals surface area contributed by atoms with Crippen molar-refractivity contribution in [2.75, 3.05) is 45.9 Å². The molecule has 2 aliphatic heterocycles. The molecule has 0 aliphatic carbocycles. The van der Waals surface area contributed by atoms with Crippen LogP contribution >= 0.6 is 0 Å². The highest BCUT2D eigenvalue weighted by molar-refractivity contribution is 5.76. The topological polar surface area (TPSA) is 53.1 Å². The molecular formula is C20H29N3O3.